The topological polar surface area (TPSA) is 49.8 Å². The summed E-state index contributed by atoms with van der Waals surface area (Å²) in [5, 5.41) is 8.73. The second-order valence-electron chi connectivity index (χ2n) is 3.26. The maximum Gasteiger partial charge on any atom is 0.0662 e. The molecule has 0 aromatic heterocycles. The molecule has 2 N–H and O–H groups in total. The molecule has 0 fully saturated rings. The summed E-state index contributed by atoms with van der Waals surface area (Å²) < 4.78 is 0. The normalized spacial score (nSPS) is 20.1. The Balaban J connectivity index is 2.37. The molecule has 60 valence electrons. The minimum Gasteiger partial charge on any atom is -0.399 e. The third kappa shape index (κ3) is 1.04. The van der Waals surface area contributed by atoms with E-state index in [0.717, 1.165) is 18.5 Å². The fourth-order valence-electron chi connectivity index (χ4n) is 1.73. The van der Waals surface area contributed by atoms with Crippen molar-refractivity contribution in [1.82, 2.24) is 0 Å². The minimum absolute atomic E-state index is 0.168. The number of fused-ring (bicyclic) bond motifs is 1. The van der Waals surface area contributed by atoms with Gasteiger partial charge in [-0.05, 0) is 36.1 Å². The molecular formula is C10H10N2. The Labute approximate surface area is 71.6 Å². The molecular weight excluding hydrogens is 148 g/mol. The van der Waals surface area contributed by atoms with Crippen LogP contribution in [0.2, 0.25) is 0 Å². The van der Waals surface area contributed by atoms with Crippen LogP contribution in [0.5, 0.6) is 0 Å². The van der Waals surface area contributed by atoms with Gasteiger partial charge in [-0.3, -0.25) is 0 Å². The summed E-state index contributed by atoms with van der Waals surface area (Å²) in [7, 11) is 0. The highest BCUT2D eigenvalue weighted by Crippen LogP contribution is 2.27. The van der Waals surface area contributed by atoms with Gasteiger partial charge in [0.1, 0.15) is 0 Å². The van der Waals surface area contributed by atoms with Gasteiger partial charge in [-0.25, -0.2) is 0 Å². The standard InChI is InChI=1S/C10H10N2/c11-6-7-3-8-1-2-10(12)5-9(8)4-7/h1-2,5,7H,3-4,12H2. The van der Waals surface area contributed by atoms with Crippen molar-refractivity contribution in [3.63, 3.8) is 0 Å². The maximum absolute atomic E-state index is 8.73. The Morgan fingerprint density at radius 3 is 2.83 bits per heavy atom. The van der Waals surface area contributed by atoms with Crippen LogP contribution in [-0.2, 0) is 12.8 Å². The lowest BCUT2D eigenvalue weighted by Crippen LogP contribution is -1.93. The number of nitrogens with two attached hydrogens (primary N) is 1. The van der Waals surface area contributed by atoms with Crippen molar-refractivity contribution in [1.29, 1.82) is 5.26 Å². The Bertz CT molecular complexity index is 349. The molecule has 1 aliphatic rings. The van der Waals surface area contributed by atoms with Gasteiger partial charge >= 0.3 is 0 Å². The predicted molar refractivity (Wildman–Crippen MR) is 47.4 cm³/mol. The Morgan fingerprint density at radius 1 is 1.33 bits per heavy atom. The van der Waals surface area contributed by atoms with Gasteiger partial charge in [0.15, 0.2) is 0 Å². The van der Waals surface area contributed by atoms with Crippen LogP contribution in [0.25, 0.3) is 0 Å². The molecule has 0 heterocycles. The average molecular weight is 158 g/mol. The summed E-state index contributed by atoms with van der Waals surface area (Å²) in [6, 6.07) is 8.20. The summed E-state index contributed by atoms with van der Waals surface area (Å²) in [4.78, 5) is 0. The fourth-order valence-corrected chi connectivity index (χ4v) is 1.73. The molecule has 0 aliphatic heterocycles. The number of hydrogen-bond donors (Lipinski definition) is 1. The molecule has 0 spiro atoms. The van der Waals surface area contributed by atoms with E-state index < -0.39 is 0 Å². The van der Waals surface area contributed by atoms with Crippen LogP contribution >= 0.6 is 0 Å². The van der Waals surface area contributed by atoms with E-state index in [2.05, 4.69) is 6.07 Å². The zero-order valence-corrected chi connectivity index (χ0v) is 6.75. The molecule has 1 aromatic carbocycles. The number of anilines is 1. The number of hydrogen-bond acceptors (Lipinski definition) is 2. The van der Waals surface area contributed by atoms with Crippen molar-refractivity contribution in [2.75, 3.05) is 5.73 Å². The van der Waals surface area contributed by atoms with E-state index in [1.807, 2.05) is 18.2 Å². The van der Waals surface area contributed by atoms with E-state index in [0.29, 0.717) is 0 Å². The molecule has 12 heavy (non-hydrogen) atoms. The average Bonchev–Trinajstić information content (AvgIpc) is 2.46. The number of nitriles is 1. The summed E-state index contributed by atoms with van der Waals surface area (Å²) >= 11 is 0. The van der Waals surface area contributed by atoms with Gasteiger partial charge in [0.05, 0.1) is 12.0 Å². The quantitative estimate of drug-likeness (QED) is 0.582. The lowest BCUT2D eigenvalue weighted by atomic mass is 10.1. The van der Waals surface area contributed by atoms with Crippen molar-refractivity contribution in [2.24, 2.45) is 5.92 Å². The molecule has 2 nitrogen and oxygen atoms in total. The Morgan fingerprint density at radius 2 is 2.08 bits per heavy atom. The zero-order valence-electron chi connectivity index (χ0n) is 6.75. The summed E-state index contributed by atoms with van der Waals surface area (Å²) in [5.41, 5.74) is 8.97. The summed E-state index contributed by atoms with van der Waals surface area (Å²) in [6.45, 7) is 0. The van der Waals surface area contributed by atoms with Crippen molar-refractivity contribution >= 4 is 5.69 Å². The molecule has 2 rings (SSSR count). The monoisotopic (exact) mass is 158 g/mol. The summed E-state index contributed by atoms with van der Waals surface area (Å²) in [5.74, 6) is 0.168. The number of nitrogen functional groups attached to an aromatic ring is 1. The first-order chi connectivity index (χ1) is 5.79. The Kier molecular flexibility index (Phi) is 1.51. The smallest absolute Gasteiger partial charge is 0.0662 e. The van der Waals surface area contributed by atoms with Crippen LogP contribution in [0.1, 0.15) is 11.1 Å². The lowest BCUT2D eigenvalue weighted by Gasteiger charge is -1.97. The van der Waals surface area contributed by atoms with Crippen molar-refractivity contribution in [3.05, 3.63) is 29.3 Å². The van der Waals surface area contributed by atoms with E-state index in [-0.39, 0.29) is 5.92 Å². The van der Waals surface area contributed by atoms with Gasteiger partial charge in [-0.2, -0.15) is 5.26 Å². The van der Waals surface area contributed by atoms with Gasteiger partial charge in [-0.15, -0.1) is 0 Å². The van der Waals surface area contributed by atoms with Gasteiger partial charge in [-0.1, -0.05) is 6.07 Å². The molecule has 0 amide bonds. The van der Waals surface area contributed by atoms with Gasteiger partial charge in [0, 0.05) is 5.69 Å². The molecule has 1 aromatic rings. The zero-order chi connectivity index (χ0) is 8.55. The molecule has 1 aliphatic carbocycles. The van der Waals surface area contributed by atoms with Crippen LogP contribution in [0, 0.1) is 17.2 Å². The van der Waals surface area contributed by atoms with Crippen molar-refractivity contribution in [2.45, 2.75) is 12.8 Å². The third-order valence-electron chi connectivity index (χ3n) is 2.35. The number of nitrogens with zero attached hydrogens (tertiary/aromatic N) is 1. The fraction of sp³-hybridized carbons (Fsp3) is 0.300. The van der Waals surface area contributed by atoms with Gasteiger partial charge < -0.3 is 5.73 Å². The molecule has 0 saturated carbocycles. The minimum atomic E-state index is 0.168. The Hall–Kier alpha value is -1.49. The SMILES string of the molecule is N#CC1Cc2ccc(N)cc2C1. The van der Waals surface area contributed by atoms with Gasteiger partial charge in [0.2, 0.25) is 0 Å². The van der Waals surface area contributed by atoms with E-state index in [1.165, 1.54) is 11.1 Å². The maximum atomic E-state index is 8.73. The second-order valence-corrected chi connectivity index (χ2v) is 3.26. The number of benzene rings is 1. The molecule has 0 radical (unpaired) electrons. The van der Waals surface area contributed by atoms with E-state index in [4.69, 9.17) is 11.0 Å². The van der Waals surface area contributed by atoms with Crippen LogP contribution in [-0.4, -0.2) is 0 Å². The van der Waals surface area contributed by atoms with Crippen LogP contribution in [0.4, 0.5) is 5.69 Å². The molecule has 1 unspecified atom stereocenters. The van der Waals surface area contributed by atoms with Crippen molar-refractivity contribution < 1.29 is 0 Å². The first-order valence-corrected chi connectivity index (χ1v) is 4.06. The highest BCUT2D eigenvalue weighted by atomic mass is 14.5. The molecule has 1 atom stereocenters. The van der Waals surface area contributed by atoms with Crippen LogP contribution in [0.15, 0.2) is 18.2 Å². The van der Waals surface area contributed by atoms with E-state index >= 15 is 0 Å². The van der Waals surface area contributed by atoms with Crippen LogP contribution in [0.3, 0.4) is 0 Å². The number of rotatable bonds is 0. The largest absolute Gasteiger partial charge is 0.399 e. The first-order valence-electron chi connectivity index (χ1n) is 4.06. The first kappa shape index (κ1) is 7.17. The second kappa shape index (κ2) is 2.53. The van der Waals surface area contributed by atoms with Crippen molar-refractivity contribution in [3.8, 4) is 6.07 Å². The molecule has 0 saturated heterocycles. The third-order valence-corrected chi connectivity index (χ3v) is 2.35. The van der Waals surface area contributed by atoms with Crippen LogP contribution < -0.4 is 5.73 Å². The van der Waals surface area contributed by atoms with E-state index in [1.54, 1.807) is 0 Å². The highest BCUT2D eigenvalue weighted by Gasteiger charge is 2.20. The highest BCUT2D eigenvalue weighted by molar-refractivity contribution is 5.47. The van der Waals surface area contributed by atoms with E-state index in [9.17, 15) is 0 Å². The van der Waals surface area contributed by atoms with Gasteiger partial charge in [0.25, 0.3) is 0 Å². The molecule has 0 bridgehead atoms. The predicted octanol–water partition coefficient (Wildman–Crippen LogP) is 1.51. The summed E-state index contributed by atoms with van der Waals surface area (Å²) in [6.07, 6.45) is 1.77. The lowest BCUT2D eigenvalue weighted by molar-refractivity contribution is 0.720. The molecule has 2 heteroatoms.